The van der Waals surface area contributed by atoms with E-state index < -0.39 is 11.9 Å². The van der Waals surface area contributed by atoms with Crippen LogP contribution >= 0.6 is 0 Å². The van der Waals surface area contributed by atoms with Crippen molar-refractivity contribution in [2.45, 2.75) is 13.0 Å². The highest BCUT2D eigenvalue weighted by molar-refractivity contribution is 5.95. The number of likely N-dealkylation sites (N-methyl/N-ethyl adjacent to an activating group) is 1. The summed E-state index contributed by atoms with van der Waals surface area (Å²) in [6.07, 6.45) is 2.84. The molecule has 2 amide bonds. The molecule has 7 heteroatoms. The van der Waals surface area contributed by atoms with Gasteiger partial charge in [0, 0.05) is 14.1 Å². The van der Waals surface area contributed by atoms with E-state index in [1.165, 1.54) is 19.4 Å². The summed E-state index contributed by atoms with van der Waals surface area (Å²) in [6.45, 7) is 1.59. The van der Waals surface area contributed by atoms with Gasteiger partial charge < -0.3 is 16.0 Å². The monoisotopic (exact) mass is 237 g/mol. The Labute approximate surface area is 99.0 Å². The van der Waals surface area contributed by atoms with Crippen LogP contribution in [0.5, 0.6) is 0 Å². The topological polar surface area (TPSA) is 96.0 Å². The molecule has 1 rings (SSSR count). The van der Waals surface area contributed by atoms with Crippen molar-refractivity contribution in [2.75, 3.05) is 19.4 Å². The van der Waals surface area contributed by atoms with Crippen LogP contribution in [0, 0.1) is 0 Å². The Morgan fingerprint density at radius 2 is 2.00 bits per heavy atom. The Kier molecular flexibility index (Phi) is 4.38. The van der Waals surface area contributed by atoms with Gasteiger partial charge in [0.2, 0.25) is 5.91 Å². The van der Waals surface area contributed by atoms with Crippen LogP contribution in [0.25, 0.3) is 0 Å². The number of anilines is 1. The van der Waals surface area contributed by atoms with Gasteiger partial charge in [-0.05, 0) is 6.92 Å². The average Bonchev–Trinajstić information content (AvgIpc) is 2.37. The van der Waals surface area contributed by atoms with E-state index in [0.29, 0.717) is 5.82 Å². The quantitative estimate of drug-likeness (QED) is 0.648. The third-order valence-corrected chi connectivity index (χ3v) is 2.11. The molecule has 92 valence electrons. The van der Waals surface area contributed by atoms with Crippen molar-refractivity contribution in [3.63, 3.8) is 0 Å². The van der Waals surface area contributed by atoms with E-state index in [-0.39, 0.29) is 11.6 Å². The van der Waals surface area contributed by atoms with Crippen LogP contribution in [-0.2, 0) is 4.79 Å². The normalized spacial score (nSPS) is 11.5. The number of nitrogens with zero attached hydrogens (tertiary/aromatic N) is 2. The van der Waals surface area contributed by atoms with Crippen LogP contribution in [0.4, 0.5) is 5.82 Å². The molecule has 1 unspecified atom stereocenters. The minimum atomic E-state index is -0.618. The van der Waals surface area contributed by atoms with E-state index in [1.54, 1.807) is 14.0 Å². The molecular weight excluding hydrogens is 222 g/mol. The predicted molar refractivity (Wildman–Crippen MR) is 62.6 cm³/mol. The lowest BCUT2D eigenvalue weighted by atomic mass is 10.3. The second-order valence-electron chi connectivity index (χ2n) is 3.35. The first kappa shape index (κ1) is 12.9. The first-order chi connectivity index (χ1) is 8.08. The van der Waals surface area contributed by atoms with Crippen LogP contribution in [0.1, 0.15) is 17.4 Å². The van der Waals surface area contributed by atoms with Gasteiger partial charge >= 0.3 is 0 Å². The van der Waals surface area contributed by atoms with Gasteiger partial charge in [-0.25, -0.2) is 4.98 Å². The van der Waals surface area contributed by atoms with Crippen LogP contribution in [0.2, 0.25) is 0 Å². The maximum absolute atomic E-state index is 11.7. The molecule has 1 heterocycles. The summed E-state index contributed by atoms with van der Waals surface area (Å²) in [5, 5.41) is 7.74. The van der Waals surface area contributed by atoms with Gasteiger partial charge in [-0.3, -0.25) is 14.6 Å². The number of carbonyl (C=O) groups is 2. The summed E-state index contributed by atoms with van der Waals surface area (Å²) in [5.41, 5.74) is 0.160. The maximum Gasteiger partial charge on any atom is 0.272 e. The van der Waals surface area contributed by atoms with Crippen LogP contribution in [0.3, 0.4) is 0 Å². The third kappa shape index (κ3) is 3.40. The van der Waals surface area contributed by atoms with Crippen molar-refractivity contribution in [1.29, 1.82) is 0 Å². The van der Waals surface area contributed by atoms with Gasteiger partial charge in [-0.1, -0.05) is 0 Å². The molecule has 0 saturated heterocycles. The number of hydrogen-bond donors (Lipinski definition) is 3. The zero-order valence-electron chi connectivity index (χ0n) is 9.94. The second kappa shape index (κ2) is 5.78. The first-order valence-corrected chi connectivity index (χ1v) is 5.10. The molecular formula is C10H15N5O2. The fraction of sp³-hybridized carbons (Fsp3) is 0.400. The van der Waals surface area contributed by atoms with Crippen molar-refractivity contribution in [3.05, 3.63) is 18.1 Å². The smallest absolute Gasteiger partial charge is 0.272 e. The molecule has 17 heavy (non-hydrogen) atoms. The molecule has 1 atom stereocenters. The molecule has 7 nitrogen and oxygen atoms in total. The fourth-order valence-corrected chi connectivity index (χ4v) is 1.15. The van der Waals surface area contributed by atoms with Crippen molar-refractivity contribution in [3.8, 4) is 0 Å². The number of carbonyl (C=O) groups excluding carboxylic acids is 2. The van der Waals surface area contributed by atoms with Crippen LogP contribution in [0.15, 0.2) is 12.4 Å². The predicted octanol–water partition coefficient (Wildman–Crippen LogP) is -0.617. The molecule has 3 N–H and O–H groups in total. The minimum absolute atomic E-state index is 0.160. The standard InChI is InChI=1S/C10H15N5O2/c1-6(9(16)12-3)14-10(17)7-4-13-5-8(11-2)15-7/h4-6H,1-3H3,(H,11,15)(H,12,16)(H,14,17). The van der Waals surface area contributed by atoms with Gasteiger partial charge in [0.05, 0.1) is 12.4 Å². The Bertz CT molecular complexity index is 421. The molecule has 1 aromatic heterocycles. The molecule has 0 bridgehead atoms. The summed E-state index contributed by atoms with van der Waals surface area (Å²) in [6, 6.07) is -0.618. The minimum Gasteiger partial charge on any atom is -0.372 e. The lowest BCUT2D eigenvalue weighted by Gasteiger charge is -2.11. The molecule has 0 spiro atoms. The third-order valence-electron chi connectivity index (χ3n) is 2.11. The second-order valence-corrected chi connectivity index (χ2v) is 3.35. The Hall–Kier alpha value is -2.18. The summed E-state index contributed by atoms with van der Waals surface area (Å²) < 4.78 is 0. The number of amides is 2. The zero-order valence-corrected chi connectivity index (χ0v) is 9.94. The van der Waals surface area contributed by atoms with Gasteiger partial charge in [0.15, 0.2) is 0 Å². The van der Waals surface area contributed by atoms with Crippen molar-refractivity contribution in [2.24, 2.45) is 0 Å². The molecule has 0 saturated carbocycles. The van der Waals surface area contributed by atoms with Crippen molar-refractivity contribution < 1.29 is 9.59 Å². The summed E-state index contributed by atoms with van der Waals surface area (Å²) in [5.74, 6) is -0.216. The number of nitrogens with one attached hydrogen (secondary N) is 3. The van der Waals surface area contributed by atoms with E-state index >= 15 is 0 Å². The highest BCUT2D eigenvalue weighted by atomic mass is 16.2. The average molecular weight is 237 g/mol. The van der Waals surface area contributed by atoms with Gasteiger partial charge in [-0.15, -0.1) is 0 Å². The summed E-state index contributed by atoms with van der Waals surface area (Å²) >= 11 is 0. The number of aromatic nitrogens is 2. The molecule has 0 aliphatic carbocycles. The summed E-state index contributed by atoms with van der Waals surface area (Å²) in [4.78, 5) is 30.8. The van der Waals surface area contributed by atoms with E-state index in [1.807, 2.05) is 0 Å². The summed E-state index contributed by atoms with van der Waals surface area (Å²) in [7, 11) is 3.19. The van der Waals surface area contributed by atoms with E-state index in [2.05, 4.69) is 25.9 Å². The molecule has 0 aromatic carbocycles. The Morgan fingerprint density at radius 3 is 2.59 bits per heavy atom. The molecule has 0 radical (unpaired) electrons. The highest BCUT2D eigenvalue weighted by Gasteiger charge is 2.16. The van der Waals surface area contributed by atoms with E-state index in [9.17, 15) is 9.59 Å². The fourth-order valence-electron chi connectivity index (χ4n) is 1.15. The molecule has 0 fully saturated rings. The number of hydrogen-bond acceptors (Lipinski definition) is 5. The van der Waals surface area contributed by atoms with Gasteiger partial charge in [-0.2, -0.15) is 0 Å². The van der Waals surface area contributed by atoms with Crippen LogP contribution in [-0.4, -0.2) is 41.9 Å². The lowest BCUT2D eigenvalue weighted by molar-refractivity contribution is -0.122. The Morgan fingerprint density at radius 1 is 1.29 bits per heavy atom. The molecule has 0 aliphatic rings. The molecule has 1 aromatic rings. The van der Waals surface area contributed by atoms with E-state index in [0.717, 1.165) is 0 Å². The lowest BCUT2D eigenvalue weighted by Crippen LogP contribution is -2.43. The number of rotatable bonds is 4. The molecule has 0 aliphatic heterocycles. The largest absolute Gasteiger partial charge is 0.372 e. The van der Waals surface area contributed by atoms with Gasteiger partial charge in [0.25, 0.3) is 5.91 Å². The van der Waals surface area contributed by atoms with E-state index in [4.69, 9.17) is 0 Å². The Balaban J connectivity index is 2.72. The van der Waals surface area contributed by atoms with Crippen LogP contribution < -0.4 is 16.0 Å². The SMILES string of the molecule is CNC(=O)C(C)NC(=O)c1cncc(NC)n1. The van der Waals surface area contributed by atoms with Gasteiger partial charge in [0.1, 0.15) is 17.6 Å². The van der Waals surface area contributed by atoms with Crippen molar-refractivity contribution in [1.82, 2.24) is 20.6 Å². The highest BCUT2D eigenvalue weighted by Crippen LogP contribution is 2.01. The zero-order chi connectivity index (χ0) is 12.8. The maximum atomic E-state index is 11.7. The first-order valence-electron chi connectivity index (χ1n) is 5.10. The van der Waals surface area contributed by atoms with Crippen molar-refractivity contribution >= 4 is 17.6 Å².